The van der Waals surface area contributed by atoms with E-state index in [0.29, 0.717) is 5.92 Å². The van der Waals surface area contributed by atoms with Crippen LogP contribution in [0, 0.1) is 0 Å². The first-order valence-electron chi connectivity index (χ1n) is 20.0. The van der Waals surface area contributed by atoms with E-state index < -0.39 is 0 Å². The standard InChI is InChI=1S/C53H46N2S/c1-37(38-16-5-2-6-17-38)34-42(32-33-54-44-30-28-40(29-31-44)46-25-15-26-49-48-24-13-14-27-52(48)56-53(46)49)45-22-11-12-23-47(45)51-36-43(39-18-7-3-8-19-39)35-50(55-51)41-20-9-4-10-21-41/h2-3,5-9,14-20,22-23,25-36,41,54H,1,4,10-13,21,24H2/b33-32-,42-34+. The van der Waals surface area contributed by atoms with Crippen LogP contribution in [0.2, 0.25) is 0 Å². The lowest BCUT2D eigenvalue weighted by Crippen LogP contribution is -2.07. The van der Waals surface area contributed by atoms with E-state index in [1.165, 1.54) is 60.3 Å². The average molecular weight is 743 g/mol. The van der Waals surface area contributed by atoms with Crippen LogP contribution >= 0.6 is 11.3 Å². The van der Waals surface area contributed by atoms with Gasteiger partial charge in [-0.25, -0.2) is 0 Å². The largest absolute Gasteiger partial charge is 0.362 e. The fraction of sp³-hybridized carbons (Fsp3) is 0.151. The second-order valence-corrected chi connectivity index (χ2v) is 16.0. The molecule has 56 heavy (non-hydrogen) atoms. The highest BCUT2D eigenvalue weighted by Gasteiger charge is 2.21. The Bertz CT molecular complexity index is 2580. The topological polar surface area (TPSA) is 24.9 Å². The predicted octanol–water partition coefficient (Wildman–Crippen LogP) is 14.8. The fourth-order valence-electron chi connectivity index (χ4n) is 8.27. The number of benzene rings is 4. The van der Waals surface area contributed by atoms with Crippen molar-refractivity contribution in [3.63, 3.8) is 0 Å². The molecule has 2 aromatic heterocycles. The number of thiophene rings is 1. The van der Waals surface area contributed by atoms with Gasteiger partial charge in [-0.15, -0.1) is 11.3 Å². The highest BCUT2D eigenvalue weighted by Crippen LogP contribution is 2.42. The number of aromatic nitrogens is 1. The number of pyridine rings is 1. The number of hydrogen-bond acceptors (Lipinski definition) is 3. The molecule has 2 nitrogen and oxygen atoms in total. The molecule has 0 bridgehead atoms. The summed E-state index contributed by atoms with van der Waals surface area (Å²) in [5.41, 5.74) is 15.2. The Morgan fingerprint density at radius 1 is 0.768 bits per heavy atom. The normalized spacial score (nSPS) is 16.8. The van der Waals surface area contributed by atoms with E-state index in [9.17, 15) is 0 Å². The van der Waals surface area contributed by atoms with Crippen LogP contribution in [0.3, 0.4) is 0 Å². The smallest absolute Gasteiger partial charge is 0.0714 e. The monoisotopic (exact) mass is 742 g/mol. The summed E-state index contributed by atoms with van der Waals surface area (Å²) in [4.78, 5) is 6.83. The first kappa shape index (κ1) is 35.7. The minimum absolute atomic E-state index is 0.326. The zero-order valence-electron chi connectivity index (χ0n) is 31.8. The van der Waals surface area contributed by atoms with Crippen LogP contribution in [-0.2, 0) is 6.42 Å². The zero-order chi connectivity index (χ0) is 37.7. The van der Waals surface area contributed by atoms with E-state index in [2.05, 4.69) is 182 Å². The van der Waals surface area contributed by atoms with Gasteiger partial charge in [-0.3, -0.25) is 4.98 Å². The number of aryl methyl sites for hydroxylation is 1. The summed E-state index contributed by atoms with van der Waals surface area (Å²) < 4.78 is 1.38. The molecule has 2 heterocycles. The van der Waals surface area contributed by atoms with Crippen LogP contribution in [0.5, 0.6) is 0 Å². The van der Waals surface area contributed by atoms with E-state index in [4.69, 9.17) is 4.98 Å². The van der Waals surface area contributed by atoms with Crippen molar-refractivity contribution in [1.29, 1.82) is 0 Å². The Hall–Kier alpha value is -6.03. The molecule has 0 aliphatic heterocycles. The van der Waals surface area contributed by atoms with Gasteiger partial charge in [0.15, 0.2) is 0 Å². The van der Waals surface area contributed by atoms with Crippen molar-refractivity contribution in [3.8, 4) is 22.3 Å². The van der Waals surface area contributed by atoms with Crippen molar-refractivity contribution in [2.45, 2.75) is 50.9 Å². The number of allylic oxidation sites excluding steroid dienone is 11. The summed E-state index contributed by atoms with van der Waals surface area (Å²) >= 11 is 1.92. The van der Waals surface area contributed by atoms with E-state index in [0.717, 1.165) is 72.3 Å². The third-order valence-electron chi connectivity index (χ3n) is 11.2. The van der Waals surface area contributed by atoms with Crippen molar-refractivity contribution in [2.75, 3.05) is 5.32 Å². The molecule has 0 spiro atoms. The van der Waals surface area contributed by atoms with E-state index in [-0.39, 0.29) is 0 Å². The van der Waals surface area contributed by atoms with Gasteiger partial charge in [0.25, 0.3) is 0 Å². The summed E-state index contributed by atoms with van der Waals surface area (Å²) in [6.45, 7) is 4.53. The molecule has 9 rings (SSSR count). The quantitative estimate of drug-likeness (QED) is 0.112. The maximum Gasteiger partial charge on any atom is 0.0714 e. The van der Waals surface area contributed by atoms with Crippen molar-refractivity contribution < 1.29 is 0 Å². The number of anilines is 1. The van der Waals surface area contributed by atoms with Crippen LogP contribution in [0.25, 0.3) is 49.6 Å². The van der Waals surface area contributed by atoms with Gasteiger partial charge in [0.1, 0.15) is 0 Å². The molecule has 0 radical (unpaired) electrons. The predicted molar refractivity (Wildman–Crippen MR) is 242 cm³/mol. The zero-order valence-corrected chi connectivity index (χ0v) is 32.6. The maximum atomic E-state index is 5.42. The number of nitrogens with one attached hydrogen (secondary N) is 1. The molecule has 0 saturated heterocycles. The van der Waals surface area contributed by atoms with E-state index in [1.54, 1.807) is 0 Å². The van der Waals surface area contributed by atoms with Crippen molar-refractivity contribution in [2.24, 2.45) is 0 Å². The highest BCUT2D eigenvalue weighted by molar-refractivity contribution is 7.20. The lowest BCUT2D eigenvalue weighted by Gasteiger charge is -2.22. The molecule has 0 amide bonds. The molecule has 3 aliphatic carbocycles. The van der Waals surface area contributed by atoms with Crippen LogP contribution in [0.1, 0.15) is 71.8 Å². The number of fused-ring (bicyclic) bond motifs is 3. The Morgan fingerprint density at radius 3 is 2.41 bits per heavy atom. The Labute approximate surface area is 335 Å². The highest BCUT2D eigenvalue weighted by atomic mass is 32.1. The van der Waals surface area contributed by atoms with Gasteiger partial charge in [0, 0.05) is 38.6 Å². The Morgan fingerprint density at radius 2 is 1.59 bits per heavy atom. The summed E-state index contributed by atoms with van der Waals surface area (Å²) in [5, 5.41) is 5.00. The molecule has 4 aromatic carbocycles. The van der Waals surface area contributed by atoms with Crippen molar-refractivity contribution in [3.05, 3.63) is 209 Å². The number of hydrogen-bond donors (Lipinski definition) is 1. The summed E-state index contributed by atoms with van der Waals surface area (Å²) in [5.74, 6) is 0.326. The summed E-state index contributed by atoms with van der Waals surface area (Å²) in [7, 11) is 0. The molecular weight excluding hydrogens is 697 g/mol. The number of rotatable bonds is 10. The molecule has 1 unspecified atom stereocenters. The third-order valence-corrected chi connectivity index (χ3v) is 12.4. The Balaban J connectivity index is 1.04. The lowest BCUT2D eigenvalue weighted by molar-refractivity contribution is 0.641. The molecular formula is C53H46N2S. The molecule has 1 atom stereocenters. The van der Waals surface area contributed by atoms with Gasteiger partial charge in [0.05, 0.1) is 5.69 Å². The van der Waals surface area contributed by atoms with E-state index in [1.807, 2.05) is 11.3 Å². The van der Waals surface area contributed by atoms with Crippen molar-refractivity contribution in [1.82, 2.24) is 4.98 Å². The molecule has 0 fully saturated rings. The first-order chi connectivity index (χ1) is 27.7. The fourth-order valence-corrected chi connectivity index (χ4v) is 9.58. The van der Waals surface area contributed by atoms with Crippen LogP contribution in [0.15, 0.2) is 182 Å². The van der Waals surface area contributed by atoms with Crippen molar-refractivity contribution >= 4 is 44.3 Å². The van der Waals surface area contributed by atoms with Gasteiger partial charge in [-0.05, 0) is 143 Å². The molecule has 1 N–H and O–H groups in total. The Kier molecular flexibility index (Phi) is 10.4. The molecule has 3 heteroatoms. The first-order valence-corrected chi connectivity index (χ1v) is 20.9. The van der Waals surface area contributed by atoms with E-state index >= 15 is 0 Å². The van der Waals surface area contributed by atoms with Gasteiger partial charge < -0.3 is 5.32 Å². The minimum atomic E-state index is 0.326. The van der Waals surface area contributed by atoms with Crippen LogP contribution in [0.4, 0.5) is 5.69 Å². The number of nitrogens with zero attached hydrogens (tertiary/aromatic N) is 1. The lowest BCUT2D eigenvalue weighted by atomic mass is 9.86. The SMILES string of the molecule is C=C(/C=C(\C=C/Nc1ccc(-c2cccc3c4c(sc23)C=CCC4)cc1)C1=CCCC=C1c1cc(-c2ccccc2)cc(C2C=CCCC2)n1)c1ccccc1. The molecule has 274 valence electrons. The van der Waals surface area contributed by atoms with Gasteiger partial charge in [-0.1, -0.05) is 128 Å². The summed E-state index contributed by atoms with van der Waals surface area (Å²) in [6.07, 6.45) is 28.2. The third kappa shape index (κ3) is 7.60. The molecule has 3 aliphatic rings. The second-order valence-electron chi connectivity index (χ2n) is 14.9. The van der Waals surface area contributed by atoms with Gasteiger partial charge in [-0.2, -0.15) is 0 Å². The summed E-state index contributed by atoms with van der Waals surface area (Å²) in [6, 6.07) is 41.4. The minimum Gasteiger partial charge on any atom is -0.362 e. The van der Waals surface area contributed by atoms with Crippen LogP contribution < -0.4 is 5.32 Å². The molecule has 0 saturated carbocycles. The maximum absolute atomic E-state index is 5.42. The second kappa shape index (κ2) is 16.4. The average Bonchev–Trinajstić information content (AvgIpc) is 3.66. The van der Waals surface area contributed by atoms with Gasteiger partial charge >= 0.3 is 0 Å². The van der Waals surface area contributed by atoms with Crippen LogP contribution in [-0.4, -0.2) is 4.98 Å². The van der Waals surface area contributed by atoms with Gasteiger partial charge in [0.2, 0.25) is 0 Å². The molecule has 6 aromatic rings.